The Morgan fingerprint density at radius 2 is 1.85 bits per heavy atom. The number of aromatic nitrogens is 2. The first-order chi connectivity index (χ1) is 12.7. The molecule has 1 atom stereocenters. The van der Waals surface area contributed by atoms with E-state index in [0.717, 1.165) is 11.3 Å². The third kappa shape index (κ3) is 3.84. The molecule has 128 valence electrons. The van der Waals surface area contributed by atoms with Gasteiger partial charge in [0.1, 0.15) is 0 Å². The molecular formula is C20H16N4O2. The quantitative estimate of drug-likeness (QED) is 0.550. The Labute approximate surface area is 150 Å². The average molecular weight is 344 g/mol. The SMILES string of the molecule is N#C[C@@H](C(=O)NCc1ccccc1)C(=O)c1ccc(-n2ccnc2)cc1. The third-order valence-corrected chi connectivity index (χ3v) is 3.92. The van der Waals surface area contributed by atoms with Crippen LogP contribution in [0.4, 0.5) is 0 Å². The van der Waals surface area contributed by atoms with Crippen LogP contribution >= 0.6 is 0 Å². The van der Waals surface area contributed by atoms with Gasteiger partial charge < -0.3 is 9.88 Å². The predicted molar refractivity (Wildman–Crippen MR) is 95.3 cm³/mol. The third-order valence-electron chi connectivity index (χ3n) is 3.92. The van der Waals surface area contributed by atoms with Gasteiger partial charge in [-0.25, -0.2) is 4.98 Å². The number of imidazole rings is 1. The summed E-state index contributed by atoms with van der Waals surface area (Å²) in [5, 5.41) is 11.9. The molecule has 26 heavy (non-hydrogen) atoms. The summed E-state index contributed by atoms with van der Waals surface area (Å²) in [6.45, 7) is 0.269. The molecule has 0 spiro atoms. The summed E-state index contributed by atoms with van der Waals surface area (Å²) in [5.74, 6) is -2.49. The second-order valence-corrected chi connectivity index (χ2v) is 5.65. The molecule has 0 bridgehead atoms. The number of Topliss-reactive ketones (excluding diaryl/α,β-unsaturated/α-hetero) is 1. The minimum absolute atomic E-state index is 0.269. The van der Waals surface area contributed by atoms with E-state index in [0.29, 0.717) is 5.56 Å². The molecule has 0 unspecified atom stereocenters. The molecule has 1 N–H and O–H groups in total. The zero-order valence-electron chi connectivity index (χ0n) is 13.9. The number of amides is 1. The summed E-state index contributed by atoms with van der Waals surface area (Å²) in [4.78, 5) is 28.7. The number of nitrogens with one attached hydrogen (secondary N) is 1. The zero-order chi connectivity index (χ0) is 18.4. The molecule has 0 fully saturated rings. The van der Waals surface area contributed by atoms with Crippen molar-refractivity contribution >= 4 is 11.7 Å². The molecule has 6 heteroatoms. The van der Waals surface area contributed by atoms with Gasteiger partial charge >= 0.3 is 0 Å². The van der Waals surface area contributed by atoms with Crippen LogP contribution in [-0.2, 0) is 11.3 Å². The number of ketones is 1. The molecule has 3 aromatic rings. The van der Waals surface area contributed by atoms with Gasteiger partial charge in [0.15, 0.2) is 11.7 Å². The molecule has 3 rings (SSSR count). The van der Waals surface area contributed by atoms with Crippen LogP contribution in [0, 0.1) is 17.2 Å². The van der Waals surface area contributed by atoms with Crippen molar-refractivity contribution in [3.8, 4) is 11.8 Å². The first-order valence-electron chi connectivity index (χ1n) is 8.03. The van der Waals surface area contributed by atoms with Gasteiger partial charge in [-0.1, -0.05) is 30.3 Å². The Balaban J connectivity index is 1.68. The first-order valence-corrected chi connectivity index (χ1v) is 8.03. The number of rotatable bonds is 6. The standard InChI is InChI=1S/C20H16N4O2/c21-12-18(20(26)23-13-15-4-2-1-3-5-15)19(25)16-6-8-17(9-7-16)24-11-10-22-14-24/h1-11,14,18H,13H2,(H,23,26)/t18-/m1/s1. The monoisotopic (exact) mass is 344 g/mol. The summed E-state index contributed by atoms with van der Waals surface area (Å²) in [6.07, 6.45) is 5.08. The van der Waals surface area contributed by atoms with Gasteiger partial charge in [0.2, 0.25) is 5.91 Å². The lowest BCUT2D eigenvalue weighted by Crippen LogP contribution is -2.34. The highest BCUT2D eigenvalue weighted by Crippen LogP contribution is 2.14. The Morgan fingerprint density at radius 3 is 2.46 bits per heavy atom. The Kier molecular flexibility index (Phi) is 5.20. The molecule has 6 nitrogen and oxygen atoms in total. The van der Waals surface area contributed by atoms with Crippen LogP contribution in [-0.4, -0.2) is 21.2 Å². The maximum atomic E-state index is 12.5. The lowest BCUT2D eigenvalue weighted by molar-refractivity contribution is -0.122. The molecule has 0 radical (unpaired) electrons. The number of carbonyl (C=O) groups is 2. The second kappa shape index (κ2) is 7.90. The molecule has 1 amide bonds. The van der Waals surface area contributed by atoms with E-state index in [2.05, 4.69) is 10.3 Å². The maximum absolute atomic E-state index is 12.5. The van der Waals surface area contributed by atoms with Crippen LogP contribution in [0.25, 0.3) is 5.69 Å². The fourth-order valence-corrected chi connectivity index (χ4v) is 2.50. The number of carbonyl (C=O) groups excluding carboxylic acids is 2. The highest BCUT2D eigenvalue weighted by atomic mass is 16.2. The van der Waals surface area contributed by atoms with Crippen LogP contribution in [0.1, 0.15) is 15.9 Å². The van der Waals surface area contributed by atoms with Gasteiger partial charge in [-0.3, -0.25) is 9.59 Å². The van der Waals surface area contributed by atoms with Gasteiger partial charge in [0.05, 0.1) is 12.4 Å². The topological polar surface area (TPSA) is 87.8 Å². The van der Waals surface area contributed by atoms with Crippen molar-refractivity contribution in [1.29, 1.82) is 5.26 Å². The van der Waals surface area contributed by atoms with Crippen molar-refractivity contribution < 1.29 is 9.59 Å². The molecule has 0 aliphatic carbocycles. The predicted octanol–water partition coefficient (Wildman–Crippen LogP) is 2.51. The lowest BCUT2D eigenvalue weighted by Gasteiger charge is -2.10. The number of benzene rings is 2. The molecule has 2 aromatic carbocycles. The summed E-state index contributed by atoms with van der Waals surface area (Å²) in [5.41, 5.74) is 2.05. The van der Waals surface area contributed by atoms with E-state index in [9.17, 15) is 14.9 Å². The van der Waals surface area contributed by atoms with Gasteiger partial charge in [-0.2, -0.15) is 5.26 Å². The molecule has 1 heterocycles. The van der Waals surface area contributed by atoms with Crippen molar-refractivity contribution in [3.05, 3.63) is 84.4 Å². The first kappa shape index (κ1) is 17.1. The van der Waals surface area contributed by atoms with E-state index in [1.165, 1.54) is 0 Å². The minimum atomic E-state index is -1.38. The van der Waals surface area contributed by atoms with Gasteiger partial charge in [-0.15, -0.1) is 0 Å². The Bertz CT molecular complexity index is 926. The van der Waals surface area contributed by atoms with E-state index < -0.39 is 17.6 Å². The summed E-state index contributed by atoms with van der Waals surface area (Å²) < 4.78 is 1.79. The maximum Gasteiger partial charge on any atom is 0.245 e. The Morgan fingerprint density at radius 1 is 1.12 bits per heavy atom. The number of nitriles is 1. The minimum Gasteiger partial charge on any atom is -0.350 e. The normalized spacial score (nSPS) is 11.3. The van der Waals surface area contributed by atoms with Crippen molar-refractivity contribution in [1.82, 2.24) is 14.9 Å². The zero-order valence-corrected chi connectivity index (χ0v) is 13.9. The van der Waals surface area contributed by atoms with Crippen LogP contribution in [0.3, 0.4) is 0 Å². The van der Waals surface area contributed by atoms with E-state index in [1.54, 1.807) is 53.6 Å². The van der Waals surface area contributed by atoms with Crippen LogP contribution in [0.15, 0.2) is 73.3 Å². The van der Waals surface area contributed by atoms with Crippen molar-refractivity contribution in [3.63, 3.8) is 0 Å². The number of nitrogens with zero attached hydrogens (tertiary/aromatic N) is 3. The fraction of sp³-hybridized carbons (Fsp3) is 0.100. The number of hydrogen-bond donors (Lipinski definition) is 1. The van der Waals surface area contributed by atoms with Crippen molar-refractivity contribution in [2.24, 2.45) is 5.92 Å². The second-order valence-electron chi connectivity index (χ2n) is 5.65. The van der Waals surface area contributed by atoms with Gasteiger partial charge in [0.25, 0.3) is 0 Å². The average Bonchev–Trinajstić information content (AvgIpc) is 3.22. The molecule has 0 saturated heterocycles. The molecule has 0 aliphatic heterocycles. The van der Waals surface area contributed by atoms with Crippen LogP contribution in [0.5, 0.6) is 0 Å². The van der Waals surface area contributed by atoms with E-state index in [-0.39, 0.29) is 6.54 Å². The lowest BCUT2D eigenvalue weighted by atomic mass is 9.97. The molecule has 0 saturated carbocycles. The van der Waals surface area contributed by atoms with E-state index in [1.807, 2.05) is 30.3 Å². The summed E-state index contributed by atoms with van der Waals surface area (Å²) >= 11 is 0. The molecule has 1 aromatic heterocycles. The Hall–Kier alpha value is -3.72. The van der Waals surface area contributed by atoms with Gasteiger partial charge in [0, 0.05) is 30.2 Å². The van der Waals surface area contributed by atoms with Crippen molar-refractivity contribution in [2.75, 3.05) is 0 Å². The van der Waals surface area contributed by atoms with E-state index >= 15 is 0 Å². The largest absolute Gasteiger partial charge is 0.350 e. The fourth-order valence-electron chi connectivity index (χ4n) is 2.50. The molecular weight excluding hydrogens is 328 g/mol. The van der Waals surface area contributed by atoms with Crippen molar-refractivity contribution in [2.45, 2.75) is 6.54 Å². The highest BCUT2D eigenvalue weighted by Gasteiger charge is 2.27. The smallest absolute Gasteiger partial charge is 0.245 e. The van der Waals surface area contributed by atoms with Crippen LogP contribution < -0.4 is 5.32 Å². The van der Waals surface area contributed by atoms with Gasteiger partial charge in [-0.05, 0) is 29.8 Å². The summed E-state index contributed by atoms with van der Waals surface area (Å²) in [7, 11) is 0. The highest BCUT2D eigenvalue weighted by molar-refractivity contribution is 6.12. The summed E-state index contributed by atoms with van der Waals surface area (Å²) in [6, 6.07) is 17.8. The van der Waals surface area contributed by atoms with Crippen LogP contribution in [0.2, 0.25) is 0 Å². The molecule has 0 aliphatic rings. The van der Waals surface area contributed by atoms with E-state index in [4.69, 9.17) is 0 Å². The number of hydrogen-bond acceptors (Lipinski definition) is 4.